The van der Waals surface area contributed by atoms with E-state index in [2.05, 4.69) is 37.9 Å². The van der Waals surface area contributed by atoms with Gasteiger partial charge in [0.15, 0.2) is 0 Å². The summed E-state index contributed by atoms with van der Waals surface area (Å²) < 4.78 is 0. The number of benzene rings is 1. The first-order valence-electron chi connectivity index (χ1n) is 6.98. The molecular weight excluding hydrogens is 250 g/mol. The van der Waals surface area contributed by atoms with Gasteiger partial charge in [0.1, 0.15) is 0 Å². The SMILES string of the molecule is Cc1cccc(N)c1NC(=O)CN(C)C(C)C(C)(C)C. The summed E-state index contributed by atoms with van der Waals surface area (Å²) in [6.07, 6.45) is 0. The lowest BCUT2D eigenvalue weighted by Crippen LogP contribution is -2.43. The molecule has 0 spiro atoms. The van der Waals surface area contributed by atoms with Crippen LogP contribution in [-0.4, -0.2) is 30.4 Å². The zero-order valence-electron chi connectivity index (χ0n) is 13.4. The first-order valence-corrected chi connectivity index (χ1v) is 6.98. The second-order valence-corrected chi connectivity index (χ2v) is 6.54. The Kier molecular flexibility index (Phi) is 5.17. The minimum Gasteiger partial charge on any atom is -0.397 e. The predicted octanol–water partition coefficient (Wildman–Crippen LogP) is 2.88. The van der Waals surface area contributed by atoms with Crippen LogP contribution in [0.2, 0.25) is 0 Å². The Balaban J connectivity index is 2.69. The van der Waals surface area contributed by atoms with E-state index in [4.69, 9.17) is 5.73 Å². The molecule has 112 valence electrons. The lowest BCUT2D eigenvalue weighted by Gasteiger charge is -2.35. The van der Waals surface area contributed by atoms with Crippen LogP contribution in [0.5, 0.6) is 0 Å². The first-order chi connectivity index (χ1) is 9.12. The van der Waals surface area contributed by atoms with E-state index in [0.29, 0.717) is 24.0 Å². The Morgan fingerprint density at radius 1 is 1.40 bits per heavy atom. The molecule has 0 fully saturated rings. The van der Waals surface area contributed by atoms with Crippen molar-refractivity contribution in [3.05, 3.63) is 23.8 Å². The van der Waals surface area contributed by atoms with Gasteiger partial charge in [0.2, 0.25) is 5.91 Å². The molecule has 0 aliphatic rings. The maximum atomic E-state index is 12.2. The van der Waals surface area contributed by atoms with Crippen LogP contribution >= 0.6 is 0 Å². The number of nitrogens with two attached hydrogens (primary N) is 1. The highest BCUT2D eigenvalue weighted by Crippen LogP contribution is 2.24. The van der Waals surface area contributed by atoms with E-state index in [1.54, 1.807) is 6.07 Å². The molecule has 1 aromatic rings. The van der Waals surface area contributed by atoms with Gasteiger partial charge in [0.05, 0.1) is 17.9 Å². The molecule has 0 saturated heterocycles. The molecule has 4 nitrogen and oxygen atoms in total. The normalized spacial score (nSPS) is 13.3. The van der Waals surface area contributed by atoms with Crippen LogP contribution in [0.25, 0.3) is 0 Å². The number of nitrogens with zero attached hydrogens (tertiary/aromatic N) is 1. The smallest absolute Gasteiger partial charge is 0.238 e. The number of carbonyl (C=O) groups excluding carboxylic acids is 1. The molecule has 20 heavy (non-hydrogen) atoms. The highest BCUT2D eigenvalue weighted by molar-refractivity contribution is 5.96. The zero-order chi connectivity index (χ0) is 15.5. The number of aryl methyl sites for hydroxylation is 1. The highest BCUT2D eigenvalue weighted by atomic mass is 16.2. The predicted molar refractivity (Wildman–Crippen MR) is 85.8 cm³/mol. The van der Waals surface area contributed by atoms with Crippen molar-refractivity contribution in [3.8, 4) is 0 Å². The van der Waals surface area contributed by atoms with Crippen LogP contribution in [0.1, 0.15) is 33.3 Å². The zero-order valence-corrected chi connectivity index (χ0v) is 13.4. The Morgan fingerprint density at radius 3 is 2.50 bits per heavy atom. The molecule has 1 unspecified atom stereocenters. The Morgan fingerprint density at radius 2 is 2.00 bits per heavy atom. The third kappa shape index (κ3) is 4.23. The van der Waals surface area contributed by atoms with Crippen LogP contribution < -0.4 is 11.1 Å². The summed E-state index contributed by atoms with van der Waals surface area (Å²) in [7, 11) is 1.97. The minimum absolute atomic E-state index is 0.0374. The molecule has 0 aliphatic carbocycles. The monoisotopic (exact) mass is 277 g/mol. The summed E-state index contributed by atoms with van der Waals surface area (Å²) in [6.45, 7) is 10.9. The molecule has 0 aromatic heterocycles. The van der Waals surface area contributed by atoms with Crippen molar-refractivity contribution < 1.29 is 4.79 Å². The molecule has 3 N–H and O–H groups in total. The quantitative estimate of drug-likeness (QED) is 0.832. The van der Waals surface area contributed by atoms with Gasteiger partial charge in [-0.3, -0.25) is 9.69 Å². The summed E-state index contributed by atoms with van der Waals surface area (Å²) >= 11 is 0. The fraction of sp³-hybridized carbons (Fsp3) is 0.562. The summed E-state index contributed by atoms with van der Waals surface area (Å²) in [5.74, 6) is -0.0374. The van der Waals surface area contributed by atoms with Gasteiger partial charge >= 0.3 is 0 Å². The van der Waals surface area contributed by atoms with E-state index < -0.39 is 0 Å². The van der Waals surface area contributed by atoms with Crippen molar-refractivity contribution in [2.45, 2.75) is 40.7 Å². The maximum absolute atomic E-state index is 12.2. The van der Waals surface area contributed by atoms with Crippen LogP contribution in [-0.2, 0) is 4.79 Å². The highest BCUT2D eigenvalue weighted by Gasteiger charge is 2.25. The first kappa shape index (κ1) is 16.5. The van der Waals surface area contributed by atoms with Crippen molar-refractivity contribution in [2.75, 3.05) is 24.6 Å². The number of amides is 1. The summed E-state index contributed by atoms with van der Waals surface area (Å²) in [5.41, 5.74) is 8.33. The number of hydrogen-bond donors (Lipinski definition) is 2. The van der Waals surface area contributed by atoms with E-state index in [9.17, 15) is 4.79 Å². The van der Waals surface area contributed by atoms with Crippen molar-refractivity contribution >= 4 is 17.3 Å². The fourth-order valence-corrected chi connectivity index (χ4v) is 2.06. The fourth-order valence-electron chi connectivity index (χ4n) is 2.06. The molecule has 1 amide bonds. The van der Waals surface area contributed by atoms with Gasteiger partial charge < -0.3 is 11.1 Å². The van der Waals surface area contributed by atoms with E-state index in [1.165, 1.54) is 0 Å². The van der Waals surface area contributed by atoms with E-state index >= 15 is 0 Å². The molecule has 0 radical (unpaired) electrons. The minimum atomic E-state index is -0.0374. The van der Waals surface area contributed by atoms with E-state index in [0.717, 1.165) is 5.56 Å². The summed E-state index contributed by atoms with van der Waals surface area (Å²) in [6, 6.07) is 5.92. The van der Waals surface area contributed by atoms with Crippen molar-refractivity contribution in [2.24, 2.45) is 5.41 Å². The van der Waals surface area contributed by atoms with Crippen LogP contribution in [0.3, 0.4) is 0 Å². The molecule has 1 rings (SSSR count). The molecule has 1 atom stereocenters. The molecule has 0 saturated carbocycles. The number of para-hydroxylation sites is 1. The van der Waals surface area contributed by atoms with Gasteiger partial charge in [0, 0.05) is 6.04 Å². The second-order valence-electron chi connectivity index (χ2n) is 6.54. The molecule has 0 bridgehead atoms. The molecule has 0 heterocycles. The lowest BCUT2D eigenvalue weighted by atomic mass is 9.87. The second kappa shape index (κ2) is 6.27. The molecule has 4 heteroatoms. The van der Waals surface area contributed by atoms with Crippen molar-refractivity contribution in [1.82, 2.24) is 4.90 Å². The molecule has 0 aliphatic heterocycles. The molecular formula is C16H27N3O. The molecule has 1 aromatic carbocycles. The summed E-state index contributed by atoms with van der Waals surface area (Å²) in [5, 5.41) is 2.91. The third-order valence-electron chi connectivity index (χ3n) is 3.88. The van der Waals surface area contributed by atoms with Gasteiger partial charge in [0.25, 0.3) is 0 Å². The van der Waals surface area contributed by atoms with Crippen LogP contribution in [0, 0.1) is 12.3 Å². The Bertz CT molecular complexity index is 457. The standard InChI is InChI=1S/C16H27N3O/c1-11-8-7-9-13(17)15(11)18-14(20)10-19(6)12(2)16(3,4)5/h7-9,12H,10,17H2,1-6H3,(H,18,20). The average Bonchev–Trinajstić information content (AvgIpc) is 2.31. The van der Waals surface area contributed by atoms with Crippen LogP contribution in [0.4, 0.5) is 11.4 Å². The van der Waals surface area contributed by atoms with E-state index in [1.807, 2.05) is 26.1 Å². The Labute approximate surface area is 122 Å². The number of nitrogens with one attached hydrogen (secondary N) is 1. The maximum Gasteiger partial charge on any atom is 0.238 e. The number of hydrogen-bond acceptors (Lipinski definition) is 3. The van der Waals surface area contributed by atoms with Gasteiger partial charge in [-0.15, -0.1) is 0 Å². The lowest BCUT2D eigenvalue weighted by molar-refractivity contribution is -0.117. The average molecular weight is 277 g/mol. The number of nitrogen functional groups attached to an aromatic ring is 1. The van der Waals surface area contributed by atoms with Gasteiger partial charge in [-0.1, -0.05) is 32.9 Å². The number of carbonyl (C=O) groups is 1. The van der Waals surface area contributed by atoms with Gasteiger partial charge in [-0.25, -0.2) is 0 Å². The van der Waals surface area contributed by atoms with E-state index in [-0.39, 0.29) is 11.3 Å². The number of likely N-dealkylation sites (N-methyl/N-ethyl adjacent to an activating group) is 1. The largest absolute Gasteiger partial charge is 0.397 e. The number of rotatable bonds is 4. The topological polar surface area (TPSA) is 58.4 Å². The summed E-state index contributed by atoms with van der Waals surface area (Å²) in [4.78, 5) is 14.2. The van der Waals surface area contributed by atoms with Crippen molar-refractivity contribution in [3.63, 3.8) is 0 Å². The van der Waals surface area contributed by atoms with Gasteiger partial charge in [-0.05, 0) is 37.9 Å². The van der Waals surface area contributed by atoms with Crippen molar-refractivity contribution in [1.29, 1.82) is 0 Å². The third-order valence-corrected chi connectivity index (χ3v) is 3.88. The van der Waals surface area contributed by atoms with Gasteiger partial charge in [-0.2, -0.15) is 0 Å². The number of anilines is 2. The Hall–Kier alpha value is -1.55. The van der Waals surface area contributed by atoms with Crippen LogP contribution in [0.15, 0.2) is 18.2 Å².